The lowest BCUT2D eigenvalue weighted by Gasteiger charge is -2.20. The molecule has 1 heterocycles. The summed E-state index contributed by atoms with van der Waals surface area (Å²) in [6.07, 6.45) is -2.37. The van der Waals surface area contributed by atoms with E-state index in [4.69, 9.17) is 0 Å². The Morgan fingerprint density at radius 3 is 2.29 bits per heavy atom. The molecule has 2 aromatic carbocycles. The molecule has 24 heavy (non-hydrogen) atoms. The zero-order chi connectivity index (χ0) is 17.5. The van der Waals surface area contributed by atoms with Gasteiger partial charge < -0.3 is 4.57 Å². The lowest BCUT2D eigenvalue weighted by Crippen LogP contribution is -2.14. The Balaban J connectivity index is 2.14. The van der Waals surface area contributed by atoms with Crippen molar-refractivity contribution in [2.75, 3.05) is 0 Å². The summed E-state index contributed by atoms with van der Waals surface area (Å²) in [6, 6.07) is 13.2. The zero-order valence-electron chi connectivity index (χ0n) is 14.0. The number of rotatable bonds is 2. The van der Waals surface area contributed by atoms with Crippen molar-refractivity contribution in [1.29, 1.82) is 0 Å². The van der Waals surface area contributed by atoms with Gasteiger partial charge in [0.2, 0.25) is 0 Å². The summed E-state index contributed by atoms with van der Waals surface area (Å²) >= 11 is 0. The monoisotopic (exact) mass is 331 g/mol. The molecule has 0 aliphatic carbocycles. The van der Waals surface area contributed by atoms with Gasteiger partial charge in [0.05, 0.1) is 5.56 Å². The van der Waals surface area contributed by atoms with Gasteiger partial charge in [0.15, 0.2) is 0 Å². The molecule has 3 aromatic rings. The van der Waals surface area contributed by atoms with Gasteiger partial charge in [-0.25, -0.2) is 0 Å². The molecule has 3 rings (SSSR count). The van der Waals surface area contributed by atoms with Gasteiger partial charge in [-0.2, -0.15) is 13.2 Å². The first-order valence-electron chi connectivity index (χ1n) is 7.91. The van der Waals surface area contributed by atoms with Gasteiger partial charge in [0, 0.05) is 18.3 Å². The van der Waals surface area contributed by atoms with E-state index in [-0.39, 0.29) is 11.0 Å². The maximum absolute atomic E-state index is 13.3. The highest BCUT2D eigenvalue weighted by Gasteiger charge is 2.33. The Bertz CT molecular complexity index is 866. The molecule has 0 N–H and O–H groups in total. The second-order valence-electron chi connectivity index (χ2n) is 7.32. The molecule has 0 radical (unpaired) electrons. The molecule has 0 saturated heterocycles. The SMILES string of the molecule is CC(C)(C)Cn1ccc2ccc(-c3ccccc3C(F)(F)F)cc21. The third-order valence-electron chi connectivity index (χ3n) is 3.96. The van der Waals surface area contributed by atoms with E-state index in [1.165, 1.54) is 12.1 Å². The standard InChI is InChI=1S/C20H20F3N/c1-19(2,3)13-24-11-10-14-8-9-15(12-18(14)24)16-6-4-5-7-17(16)20(21,22)23/h4-12H,13H2,1-3H3. The molecule has 0 aliphatic heterocycles. The molecular weight excluding hydrogens is 311 g/mol. The summed E-state index contributed by atoms with van der Waals surface area (Å²) in [6.45, 7) is 7.23. The van der Waals surface area contributed by atoms with Crippen LogP contribution in [0.4, 0.5) is 13.2 Å². The van der Waals surface area contributed by atoms with Crippen LogP contribution in [0.25, 0.3) is 22.0 Å². The van der Waals surface area contributed by atoms with Crippen LogP contribution in [-0.2, 0) is 12.7 Å². The smallest absolute Gasteiger partial charge is 0.347 e. The van der Waals surface area contributed by atoms with Crippen molar-refractivity contribution < 1.29 is 13.2 Å². The van der Waals surface area contributed by atoms with Crippen LogP contribution in [0.3, 0.4) is 0 Å². The number of aromatic nitrogens is 1. The van der Waals surface area contributed by atoms with E-state index in [9.17, 15) is 13.2 Å². The second-order valence-corrected chi connectivity index (χ2v) is 7.32. The zero-order valence-corrected chi connectivity index (χ0v) is 14.0. The third kappa shape index (κ3) is 3.32. The van der Waals surface area contributed by atoms with Gasteiger partial charge in [-0.1, -0.05) is 51.1 Å². The van der Waals surface area contributed by atoms with E-state index in [0.717, 1.165) is 23.5 Å². The fourth-order valence-corrected chi connectivity index (χ4v) is 2.98. The van der Waals surface area contributed by atoms with Crippen molar-refractivity contribution in [1.82, 2.24) is 4.57 Å². The van der Waals surface area contributed by atoms with Gasteiger partial charge in [0.25, 0.3) is 0 Å². The van der Waals surface area contributed by atoms with Crippen LogP contribution in [0, 0.1) is 5.41 Å². The quantitative estimate of drug-likeness (QED) is 0.514. The molecule has 1 nitrogen and oxygen atoms in total. The fourth-order valence-electron chi connectivity index (χ4n) is 2.98. The molecule has 0 bridgehead atoms. The Morgan fingerprint density at radius 2 is 1.62 bits per heavy atom. The Morgan fingerprint density at radius 1 is 0.917 bits per heavy atom. The number of halogens is 3. The fraction of sp³-hybridized carbons (Fsp3) is 0.300. The van der Waals surface area contributed by atoms with E-state index < -0.39 is 11.7 Å². The van der Waals surface area contributed by atoms with Gasteiger partial charge in [0.1, 0.15) is 0 Å². The molecule has 0 aliphatic rings. The first kappa shape index (κ1) is 16.6. The number of fused-ring (bicyclic) bond motifs is 1. The molecule has 126 valence electrons. The summed E-state index contributed by atoms with van der Waals surface area (Å²) in [4.78, 5) is 0. The number of benzene rings is 2. The Hall–Kier alpha value is -2.23. The van der Waals surface area contributed by atoms with Crippen molar-refractivity contribution in [3.05, 3.63) is 60.3 Å². The highest BCUT2D eigenvalue weighted by Crippen LogP contribution is 2.38. The van der Waals surface area contributed by atoms with Crippen molar-refractivity contribution in [2.24, 2.45) is 5.41 Å². The summed E-state index contributed by atoms with van der Waals surface area (Å²) in [5.41, 5.74) is 1.25. The number of alkyl halides is 3. The minimum absolute atomic E-state index is 0.0891. The van der Waals surface area contributed by atoms with E-state index in [0.29, 0.717) is 5.56 Å². The van der Waals surface area contributed by atoms with Gasteiger partial charge in [-0.05, 0) is 40.1 Å². The van der Waals surface area contributed by atoms with Crippen LogP contribution in [0.2, 0.25) is 0 Å². The maximum atomic E-state index is 13.3. The lowest BCUT2D eigenvalue weighted by atomic mass is 9.96. The minimum Gasteiger partial charge on any atom is -0.347 e. The predicted octanol–water partition coefficient (Wildman–Crippen LogP) is 6.37. The Labute approximate surface area is 139 Å². The molecular formula is C20H20F3N. The lowest BCUT2D eigenvalue weighted by molar-refractivity contribution is -0.137. The van der Waals surface area contributed by atoms with E-state index in [1.807, 2.05) is 24.4 Å². The highest BCUT2D eigenvalue weighted by molar-refractivity contribution is 5.86. The minimum atomic E-state index is -4.36. The second kappa shape index (κ2) is 5.69. The number of nitrogens with zero attached hydrogens (tertiary/aromatic N) is 1. The molecule has 4 heteroatoms. The van der Waals surface area contributed by atoms with Crippen LogP contribution in [-0.4, -0.2) is 4.57 Å². The van der Waals surface area contributed by atoms with Gasteiger partial charge in [-0.3, -0.25) is 0 Å². The van der Waals surface area contributed by atoms with Gasteiger partial charge in [-0.15, -0.1) is 0 Å². The van der Waals surface area contributed by atoms with Crippen molar-refractivity contribution in [3.63, 3.8) is 0 Å². The highest BCUT2D eigenvalue weighted by atomic mass is 19.4. The van der Waals surface area contributed by atoms with Gasteiger partial charge >= 0.3 is 6.18 Å². The summed E-state index contributed by atoms with van der Waals surface area (Å²) < 4.78 is 42.0. The van der Waals surface area contributed by atoms with Crippen molar-refractivity contribution in [3.8, 4) is 11.1 Å². The third-order valence-corrected chi connectivity index (χ3v) is 3.96. The topological polar surface area (TPSA) is 4.93 Å². The molecule has 0 unspecified atom stereocenters. The van der Waals surface area contributed by atoms with E-state index >= 15 is 0 Å². The average molecular weight is 331 g/mol. The molecule has 0 atom stereocenters. The predicted molar refractivity (Wildman–Crippen MR) is 91.8 cm³/mol. The molecule has 0 spiro atoms. The van der Waals surface area contributed by atoms with Crippen molar-refractivity contribution in [2.45, 2.75) is 33.5 Å². The molecule has 0 amide bonds. The maximum Gasteiger partial charge on any atom is 0.417 e. The van der Waals surface area contributed by atoms with Crippen LogP contribution < -0.4 is 0 Å². The summed E-state index contributed by atoms with van der Waals surface area (Å²) in [7, 11) is 0. The van der Waals surface area contributed by atoms with E-state index in [2.05, 4.69) is 25.3 Å². The van der Waals surface area contributed by atoms with Crippen LogP contribution in [0.15, 0.2) is 54.7 Å². The van der Waals surface area contributed by atoms with Crippen LogP contribution >= 0.6 is 0 Å². The van der Waals surface area contributed by atoms with Crippen molar-refractivity contribution >= 4 is 10.9 Å². The molecule has 0 fully saturated rings. The Kier molecular flexibility index (Phi) is 3.94. The molecule has 0 saturated carbocycles. The van der Waals surface area contributed by atoms with E-state index in [1.54, 1.807) is 12.1 Å². The largest absolute Gasteiger partial charge is 0.417 e. The first-order chi connectivity index (χ1) is 11.1. The number of hydrogen-bond donors (Lipinski definition) is 0. The van der Waals surface area contributed by atoms with Crippen LogP contribution in [0.5, 0.6) is 0 Å². The molecule has 1 aromatic heterocycles. The van der Waals surface area contributed by atoms with Crippen LogP contribution in [0.1, 0.15) is 26.3 Å². The number of hydrogen-bond acceptors (Lipinski definition) is 0. The summed E-state index contributed by atoms with van der Waals surface area (Å²) in [5, 5.41) is 1.03. The first-order valence-corrected chi connectivity index (χ1v) is 7.91. The average Bonchev–Trinajstić information content (AvgIpc) is 2.87. The summed E-state index contributed by atoms with van der Waals surface area (Å²) in [5.74, 6) is 0. The normalized spacial score (nSPS) is 12.8.